The third kappa shape index (κ3) is 4.04. The Labute approximate surface area is 88.2 Å². The van der Waals surface area contributed by atoms with E-state index in [4.69, 9.17) is 0 Å². The van der Waals surface area contributed by atoms with E-state index in [0.29, 0.717) is 11.5 Å². The molecule has 0 atom stereocenters. The van der Waals surface area contributed by atoms with Crippen LogP contribution < -0.4 is 0 Å². The van der Waals surface area contributed by atoms with E-state index in [1.54, 1.807) is 13.0 Å². The van der Waals surface area contributed by atoms with Gasteiger partial charge in [0.1, 0.15) is 11.5 Å². The normalized spacial score (nSPS) is 8.36. The topological polar surface area (TPSA) is 43.1 Å². The molecule has 1 heterocycles. The van der Waals surface area contributed by atoms with E-state index >= 15 is 0 Å². The van der Waals surface area contributed by atoms with Gasteiger partial charge in [-0.15, -0.1) is 0 Å². The zero-order chi connectivity index (χ0) is 8.85. The van der Waals surface area contributed by atoms with Crippen molar-refractivity contribution in [2.75, 3.05) is 0 Å². The molecule has 0 aromatic carbocycles. The highest BCUT2D eigenvalue weighted by molar-refractivity contribution is 15.0. The molecule has 0 amide bonds. The number of carbonyl (C=O) groups is 1. The summed E-state index contributed by atoms with van der Waals surface area (Å²) in [6.45, 7) is 3.21. The number of halogens is 2. The minimum Gasteiger partial charge on any atom is -0.361 e. The van der Waals surface area contributed by atoms with Gasteiger partial charge in [-0.1, -0.05) is 5.16 Å². The van der Waals surface area contributed by atoms with E-state index < -0.39 is 0 Å². The maximum atomic E-state index is 10.5. The van der Waals surface area contributed by atoms with Crippen molar-refractivity contribution < 1.29 is 9.32 Å². The van der Waals surface area contributed by atoms with Gasteiger partial charge >= 0.3 is 0 Å². The van der Waals surface area contributed by atoms with Gasteiger partial charge in [-0.2, -0.15) is 0 Å². The number of hydrogen-bond acceptors (Lipinski definition) is 3. The molecule has 0 saturated heterocycles. The maximum absolute atomic E-state index is 10.5. The molecule has 3 nitrogen and oxygen atoms in total. The average molecular weight is 379 g/mol. The minimum absolute atomic E-state index is 0.0631. The number of carbonyl (C=O) groups excluding carboxylic acids is 1. The van der Waals surface area contributed by atoms with E-state index in [-0.39, 0.29) is 5.78 Å². The van der Waals surface area contributed by atoms with Gasteiger partial charge in [0.25, 0.3) is 0 Å². The van der Waals surface area contributed by atoms with Gasteiger partial charge in [0.2, 0.25) is 0 Å². The smallest absolute Gasteiger partial charge is 0.181 e. The van der Waals surface area contributed by atoms with Gasteiger partial charge in [0.05, 0.1) is 0 Å². The molecular weight excluding hydrogens is 372 g/mol. The van der Waals surface area contributed by atoms with Crippen molar-refractivity contribution in [3.8, 4) is 0 Å². The number of aromatic nitrogens is 1. The van der Waals surface area contributed by atoms with E-state index in [1.807, 2.05) is 0 Å². The Morgan fingerprint density at radius 3 is 2.36 bits per heavy atom. The van der Waals surface area contributed by atoms with Crippen molar-refractivity contribution in [2.45, 2.75) is 13.8 Å². The Morgan fingerprint density at radius 2 is 2.18 bits per heavy atom. The summed E-state index contributed by atoms with van der Waals surface area (Å²) in [5.41, 5.74) is 0.396. The number of rotatable bonds is 1. The van der Waals surface area contributed by atoms with Crippen molar-refractivity contribution in [3.63, 3.8) is 0 Å². The van der Waals surface area contributed by atoms with E-state index in [2.05, 4.69) is 46.9 Å². The molecule has 62 valence electrons. The Bertz CT molecular complexity index is 234. The van der Waals surface area contributed by atoms with Gasteiger partial charge in [0.15, 0.2) is 5.78 Å². The summed E-state index contributed by atoms with van der Waals surface area (Å²) in [4.78, 5) is 10.5. The summed E-state index contributed by atoms with van der Waals surface area (Å²) in [5, 5.41) is 3.49. The van der Waals surface area contributed by atoms with Crippen LogP contribution in [-0.2, 0) is 0 Å². The Balaban J connectivity index is 0.000000461. The first-order chi connectivity index (χ1) is 5.20. The first-order valence-corrected chi connectivity index (χ1v) is 9.07. The van der Waals surface area contributed by atoms with E-state index in [9.17, 15) is 4.79 Å². The molecule has 0 saturated carbocycles. The molecule has 5 heteroatoms. The lowest BCUT2D eigenvalue weighted by Gasteiger charge is -1.76. The molecule has 0 aliphatic rings. The summed E-state index contributed by atoms with van der Waals surface area (Å²) in [5.74, 6) is 0.604. The monoisotopic (exact) mass is 379 g/mol. The highest BCUT2D eigenvalue weighted by Gasteiger charge is 2.02. The first-order valence-electron chi connectivity index (χ1n) is 2.78. The number of Topliss-reactive ketones (excluding diaryl/α,β-unsaturated/α-hetero) is 1. The molecule has 1 rings (SSSR count). The van der Waals surface area contributed by atoms with Crippen LogP contribution in [-0.4, -0.2) is 10.9 Å². The van der Waals surface area contributed by atoms with Crippen LogP contribution in [0.3, 0.4) is 0 Å². The largest absolute Gasteiger partial charge is 0.361 e. The molecule has 0 bridgehead atoms. The maximum Gasteiger partial charge on any atom is 0.181 e. The highest BCUT2D eigenvalue weighted by atomic mass is 128. The third-order valence-electron chi connectivity index (χ3n) is 0.989. The fourth-order valence-electron chi connectivity index (χ4n) is 0.532. The third-order valence-corrected chi connectivity index (χ3v) is 0.989. The molecule has 1 aromatic heterocycles. The zero-order valence-electron chi connectivity index (χ0n) is 6.10. The summed E-state index contributed by atoms with van der Waals surface area (Å²) in [6, 6.07) is 1.61. The fraction of sp³-hybridized carbons (Fsp3) is 0.333. The summed E-state index contributed by atoms with van der Waals surface area (Å²) in [6.07, 6.45) is 0. The van der Waals surface area contributed by atoms with Gasteiger partial charge in [-0.3, -0.25) is 4.79 Å². The number of hydrogen-bond donors (Lipinski definition) is 0. The van der Waals surface area contributed by atoms with Crippen LogP contribution in [0, 0.1) is 6.92 Å². The molecule has 0 aliphatic carbocycles. The summed E-state index contributed by atoms with van der Waals surface area (Å²) in [7, 11) is 0. The number of aryl methyl sites for hydroxylation is 1. The standard InChI is InChI=1S/C6H7NO2.I2/c1-4-3-6(5(2)8)7-9-4;1-2/h3H,1-2H3;. The molecule has 0 unspecified atom stereocenters. The zero-order valence-corrected chi connectivity index (χ0v) is 10.4. The molecule has 1 aromatic rings. The van der Waals surface area contributed by atoms with Crippen molar-refractivity contribution in [1.82, 2.24) is 5.16 Å². The molecule has 0 fully saturated rings. The molecule has 11 heavy (non-hydrogen) atoms. The number of nitrogens with zero attached hydrogens (tertiary/aromatic N) is 1. The second-order valence-corrected chi connectivity index (χ2v) is 1.88. The SMILES string of the molecule is CC(=O)c1cc(C)on1.II. The van der Waals surface area contributed by atoms with Crippen molar-refractivity contribution in [1.29, 1.82) is 0 Å². The quantitative estimate of drug-likeness (QED) is 0.557. The fourth-order valence-corrected chi connectivity index (χ4v) is 0.532. The van der Waals surface area contributed by atoms with Crippen LogP contribution in [0.25, 0.3) is 0 Å². The first kappa shape index (κ1) is 11.3. The van der Waals surface area contributed by atoms with Crippen molar-refractivity contribution in [2.24, 2.45) is 0 Å². The molecule has 0 spiro atoms. The van der Waals surface area contributed by atoms with Crippen LogP contribution in [0.15, 0.2) is 10.6 Å². The Kier molecular flexibility index (Phi) is 6.11. The summed E-state index contributed by atoms with van der Waals surface area (Å²) < 4.78 is 4.65. The molecule has 0 radical (unpaired) electrons. The Hall–Kier alpha value is 0.340. The van der Waals surface area contributed by atoms with Crippen LogP contribution in [0.2, 0.25) is 0 Å². The molecule has 0 N–H and O–H groups in total. The lowest BCUT2D eigenvalue weighted by atomic mass is 10.3. The lowest BCUT2D eigenvalue weighted by Crippen LogP contribution is -1.89. The van der Waals surface area contributed by atoms with Crippen LogP contribution in [0.5, 0.6) is 0 Å². The predicted octanol–water partition coefficient (Wildman–Crippen LogP) is 2.96. The van der Waals surface area contributed by atoms with E-state index in [1.165, 1.54) is 6.92 Å². The van der Waals surface area contributed by atoms with Crippen LogP contribution in [0.1, 0.15) is 23.2 Å². The van der Waals surface area contributed by atoms with Gasteiger partial charge in [0, 0.05) is 50.2 Å². The predicted molar refractivity (Wildman–Crippen MR) is 59.3 cm³/mol. The molecule has 0 aliphatic heterocycles. The van der Waals surface area contributed by atoms with Gasteiger partial charge < -0.3 is 4.52 Å². The van der Waals surface area contributed by atoms with Crippen LogP contribution in [0.4, 0.5) is 0 Å². The summed E-state index contributed by atoms with van der Waals surface area (Å²) >= 11 is 4.24. The van der Waals surface area contributed by atoms with Gasteiger partial charge in [-0.25, -0.2) is 0 Å². The van der Waals surface area contributed by atoms with Crippen molar-refractivity contribution in [3.05, 3.63) is 17.5 Å². The minimum atomic E-state index is -0.0631. The van der Waals surface area contributed by atoms with Gasteiger partial charge in [-0.05, 0) is 6.92 Å². The van der Waals surface area contributed by atoms with E-state index in [0.717, 1.165) is 0 Å². The van der Waals surface area contributed by atoms with Crippen molar-refractivity contribution >= 4 is 43.0 Å². The number of ketones is 1. The van der Waals surface area contributed by atoms with Crippen LogP contribution >= 0.6 is 37.2 Å². The second-order valence-electron chi connectivity index (χ2n) is 1.88. The second kappa shape index (κ2) is 5.92. The molecular formula is C6H7I2NO2. The Morgan fingerprint density at radius 1 is 1.64 bits per heavy atom. The average Bonchev–Trinajstić information content (AvgIpc) is 2.40. The highest BCUT2D eigenvalue weighted by Crippen LogP contribution is 2.00. The lowest BCUT2D eigenvalue weighted by molar-refractivity contribution is 0.100.